The molecule has 0 bridgehead atoms. The lowest BCUT2D eigenvalue weighted by atomic mass is 10.1. The summed E-state index contributed by atoms with van der Waals surface area (Å²) in [5.41, 5.74) is 7.03. The van der Waals surface area contributed by atoms with Gasteiger partial charge in [-0.05, 0) is 12.0 Å². The maximum atomic E-state index is 11.3. The standard InChI is InChI=1S/C12H14N4O2/c1-14-11(17)10-15-12(18-16-10)9(13)7-8-5-3-2-4-6-8/h2-6,9H,7,13H2,1H3,(H,14,17)/t9-/m1/s1. The predicted molar refractivity (Wildman–Crippen MR) is 64.8 cm³/mol. The smallest absolute Gasteiger partial charge is 0.292 e. The fourth-order valence-electron chi connectivity index (χ4n) is 1.55. The molecule has 0 saturated heterocycles. The van der Waals surface area contributed by atoms with E-state index in [0.717, 1.165) is 5.56 Å². The van der Waals surface area contributed by atoms with Crippen LogP contribution < -0.4 is 11.1 Å². The summed E-state index contributed by atoms with van der Waals surface area (Å²) >= 11 is 0. The largest absolute Gasteiger partial charge is 0.352 e. The molecule has 0 saturated carbocycles. The number of rotatable bonds is 4. The Balaban J connectivity index is 2.07. The minimum absolute atomic E-state index is 0.00369. The van der Waals surface area contributed by atoms with Crippen LogP contribution in [0, 0.1) is 0 Å². The van der Waals surface area contributed by atoms with Crippen molar-refractivity contribution in [3.05, 3.63) is 47.6 Å². The maximum absolute atomic E-state index is 11.3. The van der Waals surface area contributed by atoms with Crippen LogP contribution >= 0.6 is 0 Å². The van der Waals surface area contributed by atoms with Crippen LogP contribution in [0.25, 0.3) is 0 Å². The summed E-state index contributed by atoms with van der Waals surface area (Å²) in [6.45, 7) is 0. The highest BCUT2D eigenvalue weighted by Gasteiger charge is 2.18. The van der Waals surface area contributed by atoms with Crippen molar-refractivity contribution in [1.29, 1.82) is 0 Å². The number of nitrogens with zero attached hydrogens (tertiary/aromatic N) is 2. The first kappa shape index (κ1) is 12.3. The first-order chi connectivity index (χ1) is 8.70. The van der Waals surface area contributed by atoms with Crippen LogP contribution in [-0.2, 0) is 6.42 Å². The van der Waals surface area contributed by atoms with Crippen molar-refractivity contribution < 1.29 is 9.32 Å². The van der Waals surface area contributed by atoms with E-state index in [1.807, 2.05) is 30.3 Å². The van der Waals surface area contributed by atoms with E-state index in [2.05, 4.69) is 15.5 Å². The Hall–Kier alpha value is -2.21. The van der Waals surface area contributed by atoms with Crippen molar-refractivity contribution in [2.45, 2.75) is 12.5 Å². The summed E-state index contributed by atoms with van der Waals surface area (Å²) in [5.74, 6) is -0.134. The number of carbonyl (C=O) groups excluding carboxylic acids is 1. The normalized spacial score (nSPS) is 12.1. The molecule has 1 amide bonds. The van der Waals surface area contributed by atoms with Crippen molar-refractivity contribution in [2.75, 3.05) is 7.05 Å². The van der Waals surface area contributed by atoms with Crippen LogP contribution in [0.15, 0.2) is 34.9 Å². The highest BCUT2D eigenvalue weighted by Crippen LogP contribution is 2.14. The molecule has 0 aliphatic rings. The zero-order chi connectivity index (χ0) is 13.0. The minimum Gasteiger partial charge on any atom is -0.352 e. The Kier molecular flexibility index (Phi) is 3.69. The van der Waals surface area contributed by atoms with Crippen LogP contribution in [0.1, 0.15) is 28.1 Å². The molecule has 6 nitrogen and oxygen atoms in total. The number of aromatic nitrogens is 2. The number of nitrogens with two attached hydrogens (primary N) is 1. The van der Waals surface area contributed by atoms with E-state index in [-0.39, 0.29) is 11.7 Å². The lowest BCUT2D eigenvalue weighted by Crippen LogP contribution is -2.20. The Bertz CT molecular complexity index is 524. The van der Waals surface area contributed by atoms with Gasteiger partial charge in [0.15, 0.2) is 0 Å². The van der Waals surface area contributed by atoms with Crippen molar-refractivity contribution in [1.82, 2.24) is 15.5 Å². The van der Waals surface area contributed by atoms with E-state index in [0.29, 0.717) is 6.42 Å². The average molecular weight is 246 g/mol. The summed E-state index contributed by atoms with van der Waals surface area (Å²) in [7, 11) is 1.50. The molecule has 1 aromatic heterocycles. The highest BCUT2D eigenvalue weighted by atomic mass is 16.5. The topological polar surface area (TPSA) is 94.0 Å². The second-order valence-corrected chi connectivity index (χ2v) is 3.83. The molecule has 18 heavy (non-hydrogen) atoms. The lowest BCUT2D eigenvalue weighted by Gasteiger charge is -2.05. The van der Waals surface area contributed by atoms with Crippen molar-refractivity contribution >= 4 is 5.91 Å². The Morgan fingerprint density at radius 2 is 2.17 bits per heavy atom. The van der Waals surface area contributed by atoms with Crippen molar-refractivity contribution in [3.63, 3.8) is 0 Å². The van der Waals surface area contributed by atoms with Gasteiger partial charge in [-0.25, -0.2) is 0 Å². The van der Waals surface area contributed by atoms with Crippen LogP contribution in [0.3, 0.4) is 0 Å². The molecule has 94 valence electrons. The molecule has 1 atom stereocenters. The monoisotopic (exact) mass is 246 g/mol. The second kappa shape index (κ2) is 5.42. The third-order valence-electron chi connectivity index (χ3n) is 2.49. The summed E-state index contributed by atoms with van der Waals surface area (Å²) in [5, 5.41) is 5.99. The highest BCUT2D eigenvalue weighted by molar-refractivity contribution is 5.89. The fraction of sp³-hybridized carbons (Fsp3) is 0.250. The number of nitrogens with one attached hydrogen (secondary N) is 1. The van der Waals surface area contributed by atoms with E-state index < -0.39 is 11.9 Å². The van der Waals surface area contributed by atoms with Crippen LogP contribution in [-0.4, -0.2) is 23.1 Å². The van der Waals surface area contributed by atoms with Crippen molar-refractivity contribution in [3.8, 4) is 0 Å². The third kappa shape index (κ3) is 2.72. The van der Waals surface area contributed by atoms with E-state index >= 15 is 0 Å². The molecule has 0 fully saturated rings. The third-order valence-corrected chi connectivity index (χ3v) is 2.49. The Morgan fingerprint density at radius 3 is 2.83 bits per heavy atom. The van der Waals surface area contributed by atoms with E-state index in [1.54, 1.807) is 0 Å². The molecule has 2 aromatic rings. The maximum Gasteiger partial charge on any atom is 0.292 e. The zero-order valence-electron chi connectivity index (χ0n) is 9.96. The number of benzene rings is 1. The first-order valence-electron chi connectivity index (χ1n) is 5.56. The summed E-state index contributed by atoms with van der Waals surface area (Å²) < 4.78 is 4.97. The van der Waals surface area contributed by atoms with E-state index in [1.165, 1.54) is 7.05 Å². The molecular weight excluding hydrogens is 232 g/mol. The minimum atomic E-state index is -0.418. The molecule has 0 aliphatic heterocycles. The number of carbonyl (C=O) groups is 1. The average Bonchev–Trinajstić information content (AvgIpc) is 2.88. The summed E-state index contributed by atoms with van der Waals surface area (Å²) in [6.07, 6.45) is 0.580. The van der Waals surface area contributed by atoms with Gasteiger partial charge in [0.2, 0.25) is 5.89 Å². The Labute approximate surface area is 104 Å². The number of hydrogen-bond acceptors (Lipinski definition) is 5. The number of hydrogen-bond donors (Lipinski definition) is 2. The molecule has 0 unspecified atom stereocenters. The number of amides is 1. The van der Waals surface area contributed by atoms with Gasteiger partial charge in [-0.15, -0.1) is 0 Å². The lowest BCUT2D eigenvalue weighted by molar-refractivity contribution is 0.0950. The summed E-state index contributed by atoms with van der Waals surface area (Å²) in [4.78, 5) is 15.2. The fourth-order valence-corrected chi connectivity index (χ4v) is 1.55. The van der Waals surface area contributed by atoms with E-state index in [9.17, 15) is 4.79 Å². The van der Waals surface area contributed by atoms with Gasteiger partial charge in [-0.1, -0.05) is 35.5 Å². The second-order valence-electron chi connectivity index (χ2n) is 3.83. The molecule has 0 radical (unpaired) electrons. The first-order valence-corrected chi connectivity index (χ1v) is 5.56. The molecule has 0 aliphatic carbocycles. The van der Waals surface area contributed by atoms with E-state index in [4.69, 9.17) is 10.3 Å². The van der Waals surface area contributed by atoms with Crippen LogP contribution in [0.2, 0.25) is 0 Å². The summed E-state index contributed by atoms with van der Waals surface area (Å²) in [6, 6.07) is 9.33. The van der Waals surface area contributed by atoms with Gasteiger partial charge in [-0.3, -0.25) is 4.79 Å². The van der Waals surface area contributed by atoms with Gasteiger partial charge in [0.05, 0.1) is 6.04 Å². The Morgan fingerprint density at radius 1 is 1.44 bits per heavy atom. The molecular formula is C12H14N4O2. The van der Waals surface area contributed by atoms with Gasteiger partial charge in [0.25, 0.3) is 11.7 Å². The van der Waals surface area contributed by atoms with Gasteiger partial charge >= 0.3 is 0 Å². The molecule has 1 aromatic carbocycles. The quantitative estimate of drug-likeness (QED) is 0.827. The molecule has 0 spiro atoms. The molecule has 3 N–H and O–H groups in total. The van der Waals surface area contributed by atoms with Crippen LogP contribution in [0.4, 0.5) is 0 Å². The zero-order valence-corrected chi connectivity index (χ0v) is 9.96. The molecule has 6 heteroatoms. The van der Waals surface area contributed by atoms with Crippen LogP contribution in [0.5, 0.6) is 0 Å². The molecule has 1 heterocycles. The van der Waals surface area contributed by atoms with Gasteiger partial charge in [0, 0.05) is 7.05 Å². The van der Waals surface area contributed by atoms with Gasteiger partial charge in [0.1, 0.15) is 0 Å². The van der Waals surface area contributed by atoms with Gasteiger partial charge in [-0.2, -0.15) is 4.98 Å². The van der Waals surface area contributed by atoms with Crippen molar-refractivity contribution in [2.24, 2.45) is 5.73 Å². The predicted octanol–water partition coefficient (Wildman–Crippen LogP) is 0.672. The molecule has 2 rings (SSSR count). The van der Waals surface area contributed by atoms with Gasteiger partial charge < -0.3 is 15.6 Å². The SMILES string of the molecule is CNC(=O)c1noc([C@H](N)Cc2ccccc2)n1.